The van der Waals surface area contributed by atoms with Crippen LogP contribution in [0.4, 0.5) is 0 Å². The summed E-state index contributed by atoms with van der Waals surface area (Å²) in [5.74, 6) is 0.0983. The Morgan fingerprint density at radius 3 is 2.86 bits per heavy atom. The van der Waals surface area contributed by atoms with Crippen molar-refractivity contribution in [1.82, 2.24) is 20.5 Å². The van der Waals surface area contributed by atoms with Crippen molar-refractivity contribution < 1.29 is 4.79 Å². The Hall–Kier alpha value is -2.96. The Labute approximate surface area is 172 Å². The van der Waals surface area contributed by atoms with Gasteiger partial charge in [-0.05, 0) is 54.6 Å². The van der Waals surface area contributed by atoms with Crippen LogP contribution < -0.4 is 5.32 Å². The summed E-state index contributed by atoms with van der Waals surface area (Å²) in [6, 6.07) is 14.2. The Morgan fingerprint density at radius 1 is 1.07 bits per heavy atom. The van der Waals surface area contributed by atoms with Crippen molar-refractivity contribution in [3.8, 4) is 10.6 Å². The Morgan fingerprint density at radius 2 is 2.00 bits per heavy atom. The molecule has 3 heterocycles. The summed E-state index contributed by atoms with van der Waals surface area (Å²) in [4.78, 5) is 17.4. The Balaban J connectivity index is 1.42. The first-order chi connectivity index (χ1) is 14.2. The maximum atomic E-state index is 12.9. The van der Waals surface area contributed by atoms with Crippen molar-refractivity contribution in [1.29, 1.82) is 0 Å². The molecule has 0 fully saturated rings. The summed E-state index contributed by atoms with van der Waals surface area (Å²) in [5.41, 5.74) is 5.14. The van der Waals surface area contributed by atoms with Crippen molar-refractivity contribution in [2.45, 2.75) is 26.3 Å². The molecule has 5 rings (SSSR count). The van der Waals surface area contributed by atoms with Gasteiger partial charge in [-0.25, -0.2) is 0 Å². The molecule has 2 aromatic carbocycles. The molecule has 1 N–H and O–H groups in total. The molecule has 0 spiro atoms. The molecule has 1 aliphatic heterocycles. The second-order valence-electron chi connectivity index (χ2n) is 7.37. The van der Waals surface area contributed by atoms with Gasteiger partial charge in [-0.1, -0.05) is 35.6 Å². The number of hydrogen-bond acceptors (Lipinski definition) is 6. The van der Waals surface area contributed by atoms with Crippen LogP contribution in [-0.2, 0) is 19.4 Å². The van der Waals surface area contributed by atoms with E-state index < -0.39 is 0 Å². The van der Waals surface area contributed by atoms with E-state index in [-0.39, 0.29) is 5.78 Å². The summed E-state index contributed by atoms with van der Waals surface area (Å²) in [5, 5.41) is 15.7. The van der Waals surface area contributed by atoms with E-state index in [0.29, 0.717) is 6.42 Å². The van der Waals surface area contributed by atoms with Crippen molar-refractivity contribution in [3.63, 3.8) is 0 Å². The van der Waals surface area contributed by atoms with Crippen LogP contribution in [0.5, 0.6) is 0 Å². The molecular weight excluding hydrogens is 380 g/mol. The zero-order chi connectivity index (χ0) is 19.8. The van der Waals surface area contributed by atoms with Gasteiger partial charge in [0.1, 0.15) is 10.0 Å². The average molecular weight is 401 g/mol. The van der Waals surface area contributed by atoms with Gasteiger partial charge in [0.25, 0.3) is 0 Å². The fraction of sp³-hybridized carbons (Fsp3) is 0.217. The maximum absolute atomic E-state index is 12.9. The van der Waals surface area contributed by atoms with Crippen LogP contribution in [0.1, 0.15) is 32.2 Å². The van der Waals surface area contributed by atoms with Crippen LogP contribution in [0.15, 0.2) is 48.7 Å². The summed E-state index contributed by atoms with van der Waals surface area (Å²) >= 11 is 1.58. The molecule has 0 aliphatic carbocycles. The fourth-order valence-electron chi connectivity index (χ4n) is 3.75. The minimum atomic E-state index is 0.0983. The van der Waals surface area contributed by atoms with Crippen molar-refractivity contribution in [2.24, 2.45) is 0 Å². The summed E-state index contributed by atoms with van der Waals surface area (Å²) in [6.45, 7) is 3.78. The number of benzene rings is 2. The van der Waals surface area contributed by atoms with E-state index >= 15 is 0 Å². The Kier molecular flexibility index (Phi) is 4.66. The number of Topliss-reactive ketones (excluding diaryl/α,β-unsaturated/α-hetero) is 1. The molecule has 0 radical (unpaired) electrons. The third kappa shape index (κ3) is 3.69. The third-order valence-electron chi connectivity index (χ3n) is 5.31. The van der Waals surface area contributed by atoms with Gasteiger partial charge in [0.2, 0.25) is 0 Å². The van der Waals surface area contributed by atoms with Gasteiger partial charge in [-0.3, -0.25) is 9.78 Å². The first-order valence-electron chi connectivity index (χ1n) is 9.70. The highest BCUT2D eigenvalue weighted by Gasteiger charge is 2.14. The number of pyridine rings is 1. The number of nitrogens with one attached hydrogen (secondary N) is 1. The molecule has 0 amide bonds. The monoisotopic (exact) mass is 400 g/mol. The molecule has 0 unspecified atom stereocenters. The quantitative estimate of drug-likeness (QED) is 0.522. The van der Waals surface area contributed by atoms with Gasteiger partial charge in [0, 0.05) is 34.9 Å². The number of aromatic nitrogens is 3. The van der Waals surface area contributed by atoms with E-state index in [1.165, 1.54) is 11.1 Å². The van der Waals surface area contributed by atoms with Gasteiger partial charge in [-0.2, -0.15) is 0 Å². The fourth-order valence-corrected chi connectivity index (χ4v) is 4.44. The first kappa shape index (κ1) is 18.1. The zero-order valence-electron chi connectivity index (χ0n) is 16.1. The minimum Gasteiger partial charge on any atom is -0.312 e. The van der Waals surface area contributed by atoms with E-state index in [2.05, 4.69) is 32.6 Å². The summed E-state index contributed by atoms with van der Waals surface area (Å²) in [7, 11) is 0. The molecular formula is C23H20N4OS. The van der Waals surface area contributed by atoms with Crippen LogP contribution in [0, 0.1) is 6.92 Å². The lowest BCUT2D eigenvalue weighted by molar-refractivity contribution is 0.0992. The molecule has 2 aromatic heterocycles. The van der Waals surface area contributed by atoms with E-state index in [0.717, 1.165) is 57.1 Å². The summed E-state index contributed by atoms with van der Waals surface area (Å²) < 4.78 is 0. The SMILES string of the molecule is Cc1nnc(-c2ccc3cnc(CC(=O)c4ccc5c(c4)CNCC5)cc3c2)s1. The maximum Gasteiger partial charge on any atom is 0.168 e. The molecule has 1 aliphatic rings. The number of carbonyl (C=O) groups excluding carboxylic acids is 1. The molecule has 0 atom stereocenters. The van der Waals surface area contributed by atoms with Gasteiger partial charge in [0.15, 0.2) is 5.78 Å². The smallest absolute Gasteiger partial charge is 0.168 e. The van der Waals surface area contributed by atoms with Crippen LogP contribution >= 0.6 is 11.3 Å². The lowest BCUT2D eigenvalue weighted by Gasteiger charge is -2.17. The van der Waals surface area contributed by atoms with Crippen molar-refractivity contribution in [2.75, 3.05) is 6.54 Å². The number of hydrogen-bond donors (Lipinski definition) is 1. The van der Waals surface area contributed by atoms with E-state index in [9.17, 15) is 4.79 Å². The minimum absolute atomic E-state index is 0.0983. The van der Waals surface area contributed by atoms with E-state index in [1.54, 1.807) is 11.3 Å². The highest BCUT2D eigenvalue weighted by atomic mass is 32.1. The van der Waals surface area contributed by atoms with Gasteiger partial charge in [0.05, 0.1) is 6.42 Å². The molecule has 4 aromatic rings. The third-order valence-corrected chi connectivity index (χ3v) is 6.20. The molecule has 6 heteroatoms. The highest BCUT2D eigenvalue weighted by Crippen LogP contribution is 2.27. The molecule has 5 nitrogen and oxygen atoms in total. The van der Waals surface area contributed by atoms with Gasteiger partial charge < -0.3 is 5.32 Å². The van der Waals surface area contributed by atoms with E-state index in [1.807, 2.05) is 43.5 Å². The van der Waals surface area contributed by atoms with Gasteiger partial charge >= 0.3 is 0 Å². The molecule has 0 saturated carbocycles. The predicted octanol–water partition coefficient (Wildman–Crippen LogP) is 4.13. The Bertz CT molecular complexity index is 1230. The average Bonchev–Trinajstić information content (AvgIpc) is 3.19. The lowest BCUT2D eigenvalue weighted by atomic mass is 9.96. The highest BCUT2D eigenvalue weighted by molar-refractivity contribution is 7.14. The topological polar surface area (TPSA) is 67.8 Å². The van der Waals surface area contributed by atoms with Crippen LogP contribution in [0.25, 0.3) is 21.3 Å². The second kappa shape index (κ2) is 7.46. The normalized spacial score (nSPS) is 13.4. The number of nitrogens with zero attached hydrogens (tertiary/aromatic N) is 3. The molecule has 0 saturated heterocycles. The van der Waals surface area contributed by atoms with Crippen LogP contribution in [0.3, 0.4) is 0 Å². The van der Waals surface area contributed by atoms with Crippen molar-refractivity contribution in [3.05, 3.63) is 76.1 Å². The number of rotatable bonds is 4. The van der Waals surface area contributed by atoms with Crippen molar-refractivity contribution >= 4 is 27.9 Å². The number of ketones is 1. The first-order valence-corrected chi connectivity index (χ1v) is 10.5. The van der Waals surface area contributed by atoms with Gasteiger partial charge in [-0.15, -0.1) is 10.2 Å². The summed E-state index contributed by atoms with van der Waals surface area (Å²) in [6.07, 6.45) is 3.15. The standard InChI is InChI=1S/C23H20N4OS/c1-14-26-27-23(29-14)17-4-5-18-13-25-21(10-19(18)9-17)11-22(28)16-3-2-15-6-7-24-12-20(15)8-16/h2-5,8-10,13,24H,6-7,11-12H2,1H3. The number of fused-ring (bicyclic) bond motifs is 2. The molecule has 0 bridgehead atoms. The van der Waals surface area contributed by atoms with Crippen LogP contribution in [-0.4, -0.2) is 27.5 Å². The second-order valence-corrected chi connectivity index (χ2v) is 8.56. The largest absolute Gasteiger partial charge is 0.312 e. The lowest BCUT2D eigenvalue weighted by Crippen LogP contribution is -2.24. The van der Waals surface area contributed by atoms with Crippen LogP contribution in [0.2, 0.25) is 0 Å². The zero-order valence-corrected chi connectivity index (χ0v) is 16.9. The number of carbonyl (C=O) groups is 1. The predicted molar refractivity (Wildman–Crippen MR) is 115 cm³/mol. The van der Waals surface area contributed by atoms with E-state index in [4.69, 9.17) is 0 Å². The number of aryl methyl sites for hydroxylation is 1. The molecule has 144 valence electrons. The molecule has 29 heavy (non-hydrogen) atoms.